The van der Waals surface area contributed by atoms with Gasteiger partial charge in [0.2, 0.25) is 5.91 Å². The molecule has 0 saturated heterocycles. The van der Waals surface area contributed by atoms with Gasteiger partial charge >= 0.3 is 0 Å². The van der Waals surface area contributed by atoms with Crippen molar-refractivity contribution < 1.29 is 4.79 Å². The number of hydrogen-bond acceptors (Lipinski definition) is 5. The molecule has 0 aromatic carbocycles. The second-order valence-corrected chi connectivity index (χ2v) is 4.65. The van der Waals surface area contributed by atoms with Gasteiger partial charge in [0.05, 0.1) is 11.9 Å². The number of amides is 1. The van der Waals surface area contributed by atoms with E-state index < -0.39 is 0 Å². The van der Waals surface area contributed by atoms with E-state index in [-0.39, 0.29) is 12.5 Å². The first-order valence-corrected chi connectivity index (χ1v) is 7.00. The zero-order valence-corrected chi connectivity index (χ0v) is 10.9. The van der Waals surface area contributed by atoms with E-state index in [0.29, 0.717) is 12.2 Å². The predicted molar refractivity (Wildman–Crippen MR) is 68.5 cm³/mol. The minimum Gasteiger partial charge on any atom is -0.354 e. The molecule has 6 nitrogen and oxygen atoms in total. The number of thioether (sulfide) groups is 1. The maximum atomic E-state index is 11.5. The Kier molecular flexibility index (Phi) is 6.64. The van der Waals surface area contributed by atoms with Gasteiger partial charge in [-0.3, -0.25) is 4.79 Å². The molecule has 1 aromatic rings. The highest BCUT2D eigenvalue weighted by molar-refractivity contribution is 7.98. The lowest BCUT2D eigenvalue weighted by atomic mass is 10.3. The van der Waals surface area contributed by atoms with E-state index in [9.17, 15) is 4.79 Å². The monoisotopic (exact) mass is 257 g/mol. The van der Waals surface area contributed by atoms with Crippen molar-refractivity contribution in [3.63, 3.8) is 0 Å². The molecule has 1 heterocycles. The summed E-state index contributed by atoms with van der Waals surface area (Å²) in [6.07, 6.45) is 5.91. The van der Waals surface area contributed by atoms with Crippen LogP contribution in [0.3, 0.4) is 0 Å². The third kappa shape index (κ3) is 5.69. The molecule has 7 heteroatoms. The molecule has 1 aromatic heterocycles. The number of nitrogens with two attached hydrogens (primary N) is 1. The number of unbranched alkanes of at least 4 members (excludes halogenated alkanes) is 1. The van der Waals surface area contributed by atoms with Crippen LogP contribution in [0.4, 0.5) is 0 Å². The number of hydrogen-bond donors (Lipinski definition) is 2. The van der Waals surface area contributed by atoms with Crippen LogP contribution in [0.15, 0.2) is 6.20 Å². The largest absolute Gasteiger partial charge is 0.354 e. The van der Waals surface area contributed by atoms with E-state index in [1.807, 2.05) is 11.8 Å². The molecular formula is C10H19N5OS. The third-order valence-corrected chi connectivity index (χ3v) is 2.90. The average Bonchev–Trinajstić information content (AvgIpc) is 2.76. The Balaban J connectivity index is 2.16. The fraction of sp³-hybridized carbons (Fsp3) is 0.700. The van der Waals surface area contributed by atoms with Crippen molar-refractivity contribution in [3.05, 3.63) is 11.9 Å². The van der Waals surface area contributed by atoms with E-state index in [4.69, 9.17) is 5.73 Å². The smallest absolute Gasteiger partial charge is 0.241 e. The van der Waals surface area contributed by atoms with Gasteiger partial charge in [0.1, 0.15) is 6.54 Å². The van der Waals surface area contributed by atoms with Crippen molar-refractivity contribution in [2.24, 2.45) is 5.73 Å². The predicted octanol–water partition coefficient (Wildman–Crippen LogP) is -0.00380. The molecule has 17 heavy (non-hydrogen) atoms. The van der Waals surface area contributed by atoms with Gasteiger partial charge in [-0.2, -0.15) is 11.8 Å². The summed E-state index contributed by atoms with van der Waals surface area (Å²) in [7, 11) is 0. The summed E-state index contributed by atoms with van der Waals surface area (Å²) in [4.78, 5) is 11.5. The molecule has 1 amide bonds. The first-order chi connectivity index (χ1) is 8.26. The summed E-state index contributed by atoms with van der Waals surface area (Å²) in [5.74, 6) is 1.10. The van der Waals surface area contributed by atoms with Crippen molar-refractivity contribution in [1.29, 1.82) is 0 Å². The fourth-order valence-corrected chi connectivity index (χ4v) is 1.80. The number of carbonyl (C=O) groups is 1. The van der Waals surface area contributed by atoms with Gasteiger partial charge in [0.25, 0.3) is 0 Å². The van der Waals surface area contributed by atoms with Crippen LogP contribution in [-0.4, -0.2) is 39.5 Å². The molecule has 0 unspecified atom stereocenters. The van der Waals surface area contributed by atoms with E-state index in [1.54, 1.807) is 6.20 Å². The van der Waals surface area contributed by atoms with Gasteiger partial charge < -0.3 is 11.1 Å². The summed E-state index contributed by atoms with van der Waals surface area (Å²) in [5.41, 5.74) is 6.09. The van der Waals surface area contributed by atoms with Crippen molar-refractivity contribution >= 4 is 17.7 Å². The fourth-order valence-electron chi connectivity index (χ4n) is 1.31. The van der Waals surface area contributed by atoms with Gasteiger partial charge in [0.15, 0.2) is 0 Å². The highest BCUT2D eigenvalue weighted by Crippen LogP contribution is 1.97. The van der Waals surface area contributed by atoms with Gasteiger partial charge in [-0.05, 0) is 24.9 Å². The molecule has 3 N–H and O–H groups in total. The van der Waals surface area contributed by atoms with Crippen LogP contribution >= 0.6 is 11.8 Å². The van der Waals surface area contributed by atoms with Gasteiger partial charge in [0, 0.05) is 13.1 Å². The second kappa shape index (κ2) is 8.08. The summed E-state index contributed by atoms with van der Waals surface area (Å²) >= 11 is 1.82. The number of carbonyl (C=O) groups excluding carboxylic acids is 1. The quantitative estimate of drug-likeness (QED) is 0.640. The number of nitrogens with one attached hydrogen (secondary N) is 1. The normalized spacial score (nSPS) is 10.5. The minimum atomic E-state index is -0.0392. The average molecular weight is 257 g/mol. The van der Waals surface area contributed by atoms with E-state index in [1.165, 1.54) is 4.68 Å². The molecule has 0 spiro atoms. The minimum absolute atomic E-state index is 0.0392. The molecule has 0 fully saturated rings. The standard InChI is InChI=1S/C10H19N5OS/c1-17-5-3-2-4-12-10(16)8-15-7-9(6-11)13-14-15/h7H,2-6,8,11H2,1H3,(H,12,16). The van der Waals surface area contributed by atoms with Crippen LogP contribution in [0, 0.1) is 0 Å². The van der Waals surface area contributed by atoms with Gasteiger partial charge in [-0.25, -0.2) is 4.68 Å². The lowest BCUT2D eigenvalue weighted by Crippen LogP contribution is -2.28. The Morgan fingerprint density at radius 1 is 1.59 bits per heavy atom. The molecule has 0 atom stereocenters. The Morgan fingerprint density at radius 2 is 2.41 bits per heavy atom. The first-order valence-electron chi connectivity index (χ1n) is 5.61. The summed E-state index contributed by atoms with van der Waals surface area (Å²) in [6, 6.07) is 0. The SMILES string of the molecule is CSCCCCNC(=O)Cn1cc(CN)nn1. The van der Waals surface area contributed by atoms with E-state index in [0.717, 1.165) is 25.1 Å². The Hall–Kier alpha value is -1.08. The second-order valence-electron chi connectivity index (χ2n) is 3.66. The maximum absolute atomic E-state index is 11.5. The van der Waals surface area contributed by atoms with E-state index >= 15 is 0 Å². The Bertz CT molecular complexity index is 341. The zero-order chi connectivity index (χ0) is 12.5. The highest BCUT2D eigenvalue weighted by Gasteiger charge is 2.04. The van der Waals surface area contributed by atoms with E-state index in [2.05, 4.69) is 21.9 Å². The Labute approximate surface area is 105 Å². The van der Waals surface area contributed by atoms with Gasteiger partial charge in [-0.1, -0.05) is 5.21 Å². The first kappa shape index (κ1) is 14.0. The number of rotatable bonds is 8. The molecule has 96 valence electrons. The topological polar surface area (TPSA) is 85.8 Å². The third-order valence-electron chi connectivity index (χ3n) is 2.20. The van der Waals surface area contributed by atoms with Crippen molar-refractivity contribution in [3.8, 4) is 0 Å². The number of nitrogens with zero attached hydrogens (tertiary/aromatic N) is 3. The molecule has 0 saturated carbocycles. The summed E-state index contributed by atoms with van der Waals surface area (Å²) in [6.45, 7) is 1.27. The molecule has 1 rings (SSSR count). The lowest BCUT2D eigenvalue weighted by molar-refractivity contribution is -0.121. The van der Waals surface area contributed by atoms with Crippen LogP contribution in [0.5, 0.6) is 0 Å². The highest BCUT2D eigenvalue weighted by atomic mass is 32.2. The van der Waals surface area contributed by atoms with Crippen LogP contribution in [0.2, 0.25) is 0 Å². The molecular weight excluding hydrogens is 238 g/mol. The molecule has 0 aliphatic heterocycles. The molecule has 0 aliphatic carbocycles. The van der Waals surface area contributed by atoms with Crippen molar-refractivity contribution in [2.45, 2.75) is 25.9 Å². The van der Waals surface area contributed by atoms with Gasteiger partial charge in [-0.15, -0.1) is 5.10 Å². The Morgan fingerprint density at radius 3 is 3.06 bits per heavy atom. The van der Waals surface area contributed by atoms with Crippen molar-refractivity contribution in [2.75, 3.05) is 18.6 Å². The zero-order valence-electron chi connectivity index (χ0n) is 10.1. The maximum Gasteiger partial charge on any atom is 0.241 e. The van der Waals surface area contributed by atoms with Crippen LogP contribution in [0.1, 0.15) is 18.5 Å². The number of aromatic nitrogens is 3. The van der Waals surface area contributed by atoms with Crippen LogP contribution in [0.25, 0.3) is 0 Å². The lowest BCUT2D eigenvalue weighted by Gasteiger charge is -2.04. The van der Waals surface area contributed by atoms with Crippen LogP contribution < -0.4 is 11.1 Å². The summed E-state index contributed by atoms with van der Waals surface area (Å²) < 4.78 is 1.50. The van der Waals surface area contributed by atoms with Crippen molar-refractivity contribution in [1.82, 2.24) is 20.3 Å². The molecule has 0 radical (unpaired) electrons. The molecule has 0 bridgehead atoms. The molecule has 0 aliphatic rings. The summed E-state index contributed by atoms with van der Waals surface area (Å²) in [5, 5.41) is 10.5. The van der Waals surface area contributed by atoms with Crippen LogP contribution in [-0.2, 0) is 17.9 Å².